The lowest BCUT2D eigenvalue weighted by Gasteiger charge is -2.31. The Morgan fingerprint density at radius 3 is 2.31 bits per heavy atom. The molecule has 0 radical (unpaired) electrons. The van der Waals surface area contributed by atoms with Gasteiger partial charge in [-0.05, 0) is 49.9 Å². The lowest BCUT2D eigenvalue weighted by Crippen LogP contribution is -2.50. The molecular weight excluding hydrogens is 448 g/mol. The minimum Gasteiger partial charge on any atom is -0.494 e. The predicted molar refractivity (Wildman–Crippen MR) is 145 cm³/mol. The molecule has 0 aliphatic carbocycles. The maximum Gasteiger partial charge on any atom is 0.243 e. The molecule has 36 heavy (non-hydrogen) atoms. The second-order valence-electron chi connectivity index (χ2n) is 9.27. The molecule has 0 aromatic heterocycles. The zero-order valence-corrected chi connectivity index (χ0v) is 21.7. The summed E-state index contributed by atoms with van der Waals surface area (Å²) in [5.74, 6) is 0.639. The van der Waals surface area contributed by atoms with E-state index in [9.17, 15) is 9.59 Å². The Bertz CT molecular complexity index is 1100. The number of nitrogens with one attached hydrogen (secondary N) is 1. The van der Waals surface area contributed by atoms with Gasteiger partial charge in [0.15, 0.2) is 0 Å². The van der Waals surface area contributed by atoms with Crippen LogP contribution < -0.4 is 10.1 Å². The molecule has 1 atom stereocenters. The molecule has 0 aliphatic rings. The van der Waals surface area contributed by atoms with Gasteiger partial charge in [0.25, 0.3) is 0 Å². The first-order chi connectivity index (χ1) is 17.5. The summed E-state index contributed by atoms with van der Waals surface area (Å²) < 4.78 is 5.83. The van der Waals surface area contributed by atoms with Gasteiger partial charge in [0.1, 0.15) is 11.8 Å². The third-order valence-corrected chi connectivity index (χ3v) is 6.08. The lowest BCUT2D eigenvalue weighted by molar-refractivity contribution is -0.141. The normalized spacial score (nSPS) is 11.5. The summed E-state index contributed by atoms with van der Waals surface area (Å²) in [4.78, 5) is 28.7. The van der Waals surface area contributed by atoms with Crippen molar-refractivity contribution in [2.75, 3.05) is 13.2 Å². The van der Waals surface area contributed by atoms with Crippen LogP contribution in [-0.4, -0.2) is 35.9 Å². The van der Waals surface area contributed by atoms with E-state index in [0.717, 1.165) is 28.9 Å². The fourth-order valence-corrected chi connectivity index (χ4v) is 4.12. The van der Waals surface area contributed by atoms with Crippen molar-refractivity contribution in [3.63, 3.8) is 0 Å². The number of benzene rings is 3. The Morgan fingerprint density at radius 2 is 1.61 bits per heavy atom. The summed E-state index contributed by atoms with van der Waals surface area (Å²) >= 11 is 0. The zero-order valence-electron chi connectivity index (χ0n) is 21.7. The number of nitrogens with zero attached hydrogens (tertiary/aromatic N) is 1. The van der Waals surface area contributed by atoms with Crippen LogP contribution in [0.4, 0.5) is 0 Å². The Labute approximate surface area is 215 Å². The fourth-order valence-electron chi connectivity index (χ4n) is 4.12. The van der Waals surface area contributed by atoms with Crippen LogP contribution >= 0.6 is 0 Å². The van der Waals surface area contributed by atoms with Crippen LogP contribution in [0.25, 0.3) is 0 Å². The van der Waals surface area contributed by atoms with Crippen molar-refractivity contribution in [1.29, 1.82) is 0 Å². The second-order valence-corrected chi connectivity index (χ2v) is 9.27. The van der Waals surface area contributed by atoms with Gasteiger partial charge in [-0.25, -0.2) is 0 Å². The van der Waals surface area contributed by atoms with Crippen LogP contribution in [0, 0.1) is 13.8 Å². The molecule has 3 aromatic carbocycles. The maximum absolute atomic E-state index is 13.6. The molecule has 190 valence electrons. The molecule has 0 heterocycles. The van der Waals surface area contributed by atoms with Crippen LogP contribution in [0.2, 0.25) is 0 Å². The first-order valence-electron chi connectivity index (χ1n) is 12.8. The molecule has 0 bridgehead atoms. The Morgan fingerprint density at radius 1 is 0.889 bits per heavy atom. The molecule has 0 saturated heterocycles. The van der Waals surface area contributed by atoms with Crippen LogP contribution in [0.3, 0.4) is 0 Å². The van der Waals surface area contributed by atoms with Gasteiger partial charge in [-0.2, -0.15) is 0 Å². The Kier molecular flexibility index (Phi) is 10.6. The van der Waals surface area contributed by atoms with Crippen molar-refractivity contribution in [3.05, 3.63) is 101 Å². The van der Waals surface area contributed by atoms with Gasteiger partial charge in [-0.1, -0.05) is 84.8 Å². The van der Waals surface area contributed by atoms with E-state index in [1.807, 2.05) is 93.6 Å². The molecule has 5 nitrogen and oxygen atoms in total. The molecule has 5 heteroatoms. The SMILES string of the molecule is CCCNC(=O)[C@@H](Cc1ccccc1)N(Cc1cccc(C)c1)C(=O)CCCOc1ccc(C)cc1. The minimum absolute atomic E-state index is 0.0448. The highest BCUT2D eigenvalue weighted by molar-refractivity contribution is 5.88. The predicted octanol–water partition coefficient (Wildman–Crippen LogP) is 5.63. The van der Waals surface area contributed by atoms with E-state index in [2.05, 4.69) is 11.4 Å². The van der Waals surface area contributed by atoms with Crippen LogP contribution in [0.5, 0.6) is 5.75 Å². The lowest BCUT2D eigenvalue weighted by atomic mass is 10.0. The largest absolute Gasteiger partial charge is 0.494 e. The van der Waals surface area contributed by atoms with Gasteiger partial charge in [0.2, 0.25) is 11.8 Å². The number of rotatable bonds is 13. The minimum atomic E-state index is -0.593. The number of hydrogen-bond donors (Lipinski definition) is 1. The van der Waals surface area contributed by atoms with Gasteiger partial charge in [-0.15, -0.1) is 0 Å². The molecule has 0 aliphatic heterocycles. The van der Waals surface area contributed by atoms with Crippen LogP contribution in [0.15, 0.2) is 78.9 Å². The van der Waals surface area contributed by atoms with E-state index in [4.69, 9.17) is 4.74 Å². The van der Waals surface area contributed by atoms with Crippen molar-refractivity contribution in [2.45, 2.75) is 59.0 Å². The topological polar surface area (TPSA) is 58.6 Å². The van der Waals surface area contributed by atoms with E-state index in [1.54, 1.807) is 4.90 Å². The van der Waals surface area contributed by atoms with Gasteiger partial charge >= 0.3 is 0 Å². The summed E-state index contributed by atoms with van der Waals surface area (Å²) in [6.07, 6.45) is 2.19. The standard InChI is InChI=1S/C31H38N2O3/c1-4-19-32-31(35)29(22-26-11-6-5-7-12-26)33(23-27-13-8-10-25(3)21-27)30(34)14-9-20-36-28-17-15-24(2)16-18-28/h5-8,10-13,15-18,21,29H,4,9,14,19-20,22-23H2,1-3H3,(H,32,35)/t29-/m1/s1. The molecule has 0 fully saturated rings. The number of aryl methyl sites for hydroxylation is 2. The molecule has 1 N–H and O–H groups in total. The smallest absolute Gasteiger partial charge is 0.243 e. The summed E-state index contributed by atoms with van der Waals surface area (Å²) in [5, 5.41) is 3.02. The van der Waals surface area contributed by atoms with Crippen molar-refractivity contribution in [2.24, 2.45) is 0 Å². The Balaban J connectivity index is 1.77. The van der Waals surface area contributed by atoms with Gasteiger partial charge in [0.05, 0.1) is 6.61 Å². The third kappa shape index (κ3) is 8.56. The van der Waals surface area contributed by atoms with Gasteiger partial charge in [-0.3, -0.25) is 9.59 Å². The van der Waals surface area contributed by atoms with Crippen molar-refractivity contribution in [1.82, 2.24) is 10.2 Å². The molecule has 0 spiro atoms. The van der Waals surface area contributed by atoms with Gasteiger partial charge < -0.3 is 15.0 Å². The molecule has 2 amide bonds. The second kappa shape index (κ2) is 14.1. The van der Waals surface area contributed by atoms with Crippen molar-refractivity contribution in [3.8, 4) is 5.75 Å². The third-order valence-electron chi connectivity index (χ3n) is 6.08. The van der Waals surface area contributed by atoms with E-state index >= 15 is 0 Å². The number of carbonyl (C=O) groups is 2. The van der Waals surface area contributed by atoms with E-state index in [-0.39, 0.29) is 11.8 Å². The Hall–Kier alpha value is -3.60. The molecule has 0 saturated carbocycles. The average molecular weight is 487 g/mol. The fraction of sp³-hybridized carbons (Fsp3) is 0.355. The first-order valence-corrected chi connectivity index (χ1v) is 12.8. The molecule has 3 rings (SSSR count). The monoisotopic (exact) mass is 486 g/mol. The average Bonchev–Trinajstić information content (AvgIpc) is 2.88. The first kappa shape index (κ1) is 27.0. The van der Waals surface area contributed by atoms with Crippen LogP contribution in [0.1, 0.15) is 48.4 Å². The summed E-state index contributed by atoms with van der Waals surface area (Å²) in [6.45, 7) is 7.51. The summed E-state index contributed by atoms with van der Waals surface area (Å²) in [7, 11) is 0. The highest BCUT2D eigenvalue weighted by Gasteiger charge is 2.30. The molecule has 3 aromatic rings. The van der Waals surface area contributed by atoms with E-state index in [0.29, 0.717) is 39.0 Å². The van der Waals surface area contributed by atoms with Crippen LogP contribution in [-0.2, 0) is 22.6 Å². The van der Waals surface area contributed by atoms with Crippen molar-refractivity contribution >= 4 is 11.8 Å². The van der Waals surface area contributed by atoms with E-state index in [1.165, 1.54) is 5.56 Å². The highest BCUT2D eigenvalue weighted by atomic mass is 16.5. The summed E-state index contributed by atoms with van der Waals surface area (Å²) in [5.41, 5.74) is 4.34. The zero-order chi connectivity index (χ0) is 25.8. The highest BCUT2D eigenvalue weighted by Crippen LogP contribution is 2.18. The van der Waals surface area contributed by atoms with Gasteiger partial charge in [0, 0.05) is 25.9 Å². The number of carbonyl (C=O) groups excluding carboxylic acids is 2. The maximum atomic E-state index is 13.6. The number of amides is 2. The molecular formula is C31H38N2O3. The van der Waals surface area contributed by atoms with Crippen molar-refractivity contribution < 1.29 is 14.3 Å². The number of ether oxygens (including phenoxy) is 1. The molecule has 0 unspecified atom stereocenters. The quantitative estimate of drug-likeness (QED) is 0.319. The number of hydrogen-bond acceptors (Lipinski definition) is 3. The summed E-state index contributed by atoms with van der Waals surface area (Å²) in [6, 6.07) is 25.3. The van der Waals surface area contributed by atoms with E-state index < -0.39 is 6.04 Å².